The maximum Gasteiger partial charge on any atom is 0.129 e. The second-order valence-electron chi connectivity index (χ2n) is 7.25. The molecule has 1 aliphatic rings. The molecule has 4 heteroatoms. The van der Waals surface area contributed by atoms with Gasteiger partial charge in [-0.25, -0.2) is 0 Å². The van der Waals surface area contributed by atoms with E-state index in [9.17, 15) is 0 Å². The summed E-state index contributed by atoms with van der Waals surface area (Å²) in [5, 5.41) is 0. The number of methoxy groups -OCH3 is 3. The van der Waals surface area contributed by atoms with Crippen LogP contribution >= 0.6 is 0 Å². The minimum Gasteiger partial charge on any atom is -0.497 e. The van der Waals surface area contributed by atoms with E-state index in [-0.39, 0.29) is 11.8 Å². The van der Waals surface area contributed by atoms with Gasteiger partial charge in [0.2, 0.25) is 0 Å². The fourth-order valence-electron chi connectivity index (χ4n) is 4.20. The molecule has 0 spiro atoms. The number of ether oxygens (including phenoxy) is 4. The smallest absolute Gasteiger partial charge is 0.129 e. The largest absolute Gasteiger partial charge is 0.497 e. The third-order valence-electron chi connectivity index (χ3n) is 5.77. The highest BCUT2D eigenvalue weighted by Crippen LogP contribution is 2.49. The number of fused-ring (bicyclic) bond motifs is 1. The highest BCUT2D eigenvalue weighted by molar-refractivity contribution is 5.56. The van der Waals surface area contributed by atoms with E-state index in [1.165, 1.54) is 16.7 Å². The van der Waals surface area contributed by atoms with E-state index >= 15 is 0 Å². The number of benzene rings is 3. The summed E-state index contributed by atoms with van der Waals surface area (Å²) in [5.41, 5.74) is 4.68. The van der Waals surface area contributed by atoms with E-state index in [1.807, 2.05) is 30.3 Å². The molecule has 0 saturated heterocycles. The Hall–Kier alpha value is -3.14. The highest BCUT2D eigenvalue weighted by Gasteiger charge is 2.34. The van der Waals surface area contributed by atoms with E-state index < -0.39 is 0 Å². The zero-order valence-corrected chi connectivity index (χ0v) is 17.3. The van der Waals surface area contributed by atoms with Crippen molar-refractivity contribution < 1.29 is 18.9 Å². The standard InChI is InChI=1S/C25H26O4/c1-16-23(28-4)14-13-21-24(18-7-11-20(27-3)12-8-18)22(15-29-25(16)21)17-5-9-19(26-2)10-6-17/h5-14,22,24H,15H2,1-4H3/t22-,24-/m1/s1. The molecule has 4 nitrogen and oxygen atoms in total. The summed E-state index contributed by atoms with van der Waals surface area (Å²) in [6.45, 7) is 2.65. The van der Waals surface area contributed by atoms with Crippen LogP contribution in [0.25, 0.3) is 0 Å². The molecule has 1 aliphatic heterocycles. The van der Waals surface area contributed by atoms with Gasteiger partial charge >= 0.3 is 0 Å². The summed E-state index contributed by atoms with van der Waals surface area (Å²) >= 11 is 0. The van der Waals surface area contributed by atoms with Crippen LogP contribution in [0.1, 0.15) is 34.1 Å². The van der Waals surface area contributed by atoms with Gasteiger partial charge in [0.1, 0.15) is 23.0 Å². The molecule has 3 aromatic rings. The van der Waals surface area contributed by atoms with Gasteiger partial charge in [-0.15, -0.1) is 0 Å². The van der Waals surface area contributed by atoms with Crippen LogP contribution in [0, 0.1) is 6.92 Å². The molecule has 2 atom stereocenters. The first-order chi connectivity index (χ1) is 14.2. The SMILES string of the molecule is COc1ccc([C@@H]2c3ccc(OC)c(C)c3OC[C@@H]2c2ccc(OC)cc2)cc1. The third-order valence-corrected chi connectivity index (χ3v) is 5.77. The number of hydrogen-bond donors (Lipinski definition) is 0. The minimum atomic E-state index is 0.169. The van der Waals surface area contributed by atoms with Crippen LogP contribution in [0.2, 0.25) is 0 Å². The van der Waals surface area contributed by atoms with Gasteiger partial charge < -0.3 is 18.9 Å². The first-order valence-electron chi connectivity index (χ1n) is 9.74. The Morgan fingerprint density at radius 2 is 1.31 bits per heavy atom. The molecule has 0 fully saturated rings. The van der Waals surface area contributed by atoms with Crippen molar-refractivity contribution in [3.8, 4) is 23.0 Å². The molecule has 3 aromatic carbocycles. The molecule has 4 rings (SSSR count). The van der Waals surface area contributed by atoms with Crippen molar-refractivity contribution in [2.75, 3.05) is 27.9 Å². The fraction of sp³-hybridized carbons (Fsp3) is 0.280. The van der Waals surface area contributed by atoms with Crippen molar-refractivity contribution in [2.24, 2.45) is 0 Å². The van der Waals surface area contributed by atoms with Gasteiger partial charge in [0.05, 0.1) is 27.9 Å². The van der Waals surface area contributed by atoms with E-state index in [1.54, 1.807) is 21.3 Å². The lowest BCUT2D eigenvalue weighted by Crippen LogP contribution is -2.26. The van der Waals surface area contributed by atoms with Crippen molar-refractivity contribution in [1.29, 1.82) is 0 Å². The van der Waals surface area contributed by atoms with E-state index in [0.717, 1.165) is 28.6 Å². The molecule has 0 radical (unpaired) electrons. The zero-order chi connectivity index (χ0) is 20.4. The number of hydrogen-bond acceptors (Lipinski definition) is 4. The fourth-order valence-corrected chi connectivity index (χ4v) is 4.20. The van der Waals surface area contributed by atoms with Gasteiger partial charge in [0, 0.05) is 23.0 Å². The molecule has 0 amide bonds. The Labute approximate surface area is 172 Å². The monoisotopic (exact) mass is 390 g/mol. The summed E-state index contributed by atoms with van der Waals surface area (Å²) in [6.07, 6.45) is 0. The molecular weight excluding hydrogens is 364 g/mol. The Bertz CT molecular complexity index is 977. The van der Waals surface area contributed by atoms with Crippen molar-refractivity contribution in [3.63, 3.8) is 0 Å². The molecular formula is C25H26O4. The summed E-state index contributed by atoms with van der Waals surface area (Å²) in [5.74, 6) is 3.84. The molecule has 0 bridgehead atoms. The molecule has 0 aromatic heterocycles. The average Bonchev–Trinajstić information content (AvgIpc) is 2.79. The first kappa shape index (κ1) is 19.2. The Kier molecular flexibility index (Phi) is 5.34. The molecule has 0 aliphatic carbocycles. The Balaban J connectivity index is 1.83. The maximum absolute atomic E-state index is 6.28. The lowest BCUT2D eigenvalue weighted by molar-refractivity contribution is 0.245. The topological polar surface area (TPSA) is 36.9 Å². The number of rotatable bonds is 5. The zero-order valence-electron chi connectivity index (χ0n) is 17.3. The third kappa shape index (κ3) is 3.51. The predicted octanol–water partition coefficient (Wildman–Crippen LogP) is 5.33. The summed E-state index contributed by atoms with van der Waals surface area (Å²) in [4.78, 5) is 0. The Morgan fingerprint density at radius 1 is 0.724 bits per heavy atom. The molecule has 0 N–H and O–H groups in total. The molecule has 0 saturated carbocycles. The lowest BCUT2D eigenvalue weighted by Gasteiger charge is -2.35. The second-order valence-corrected chi connectivity index (χ2v) is 7.25. The van der Waals surface area contributed by atoms with Gasteiger partial charge in [0.15, 0.2) is 0 Å². The van der Waals surface area contributed by atoms with Gasteiger partial charge in [-0.3, -0.25) is 0 Å². The maximum atomic E-state index is 6.28. The molecule has 1 heterocycles. The van der Waals surface area contributed by atoms with E-state index in [2.05, 4.69) is 37.3 Å². The van der Waals surface area contributed by atoms with Crippen LogP contribution in [0.5, 0.6) is 23.0 Å². The first-order valence-corrected chi connectivity index (χ1v) is 9.74. The summed E-state index contributed by atoms with van der Waals surface area (Å²) in [7, 11) is 5.07. The molecule has 29 heavy (non-hydrogen) atoms. The van der Waals surface area contributed by atoms with E-state index in [4.69, 9.17) is 18.9 Å². The quantitative estimate of drug-likeness (QED) is 0.590. The average molecular weight is 390 g/mol. The van der Waals surface area contributed by atoms with Crippen molar-refractivity contribution in [3.05, 3.63) is 82.9 Å². The van der Waals surface area contributed by atoms with Crippen LogP contribution in [0.3, 0.4) is 0 Å². The van der Waals surface area contributed by atoms with Crippen LogP contribution in [0.15, 0.2) is 60.7 Å². The van der Waals surface area contributed by atoms with Crippen LogP contribution in [-0.4, -0.2) is 27.9 Å². The second kappa shape index (κ2) is 8.08. The van der Waals surface area contributed by atoms with Crippen molar-refractivity contribution in [1.82, 2.24) is 0 Å². The minimum absolute atomic E-state index is 0.169. The summed E-state index contributed by atoms with van der Waals surface area (Å²) in [6, 6.07) is 20.8. The van der Waals surface area contributed by atoms with Crippen LogP contribution in [0.4, 0.5) is 0 Å². The van der Waals surface area contributed by atoms with Gasteiger partial charge in [-0.05, 0) is 48.4 Å². The van der Waals surface area contributed by atoms with Crippen LogP contribution in [-0.2, 0) is 0 Å². The highest BCUT2D eigenvalue weighted by atomic mass is 16.5. The van der Waals surface area contributed by atoms with Gasteiger partial charge in [0.25, 0.3) is 0 Å². The Morgan fingerprint density at radius 3 is 1.86 bits per heavy atom. The summed E-state index contributed by atoms with van der Waals surface area (Å²) < 4.78 is 22.5. The van der Waals surface area contributed by atoms with Crippen LogP contribution < -0.4 is 18.9 Å². The van der Waals surface area contributed by atoms with Gasteiger partial charge in [-0.1, -0.05) is 30.3 Å². The van der Waals surface area contributed by atoms with E-state index in [0.29, 0.717) is 6.61 Å². The van der Waals surface area contributed by atoms with Crippen molar-refractivity contribution in [2.45, 2.75) is 18.8 Å². The lowest BCUT2D eigenvalue weighted by atomic mass is 9.75. The molecule has 0 unspecified atom stereocenters. The van der Waals surface area contributed by atoms with Gasteiger partial charge in [-0.2, -0.15) is 0 Å². The normalized spacial score (nSPS) is 17.8. The predicted molar refractivity (Wildman–Crippen MR) is 114 cm³/mol. The molecule has 150 valence electrons. The van der Waals surface area contributed by atoms with Crippen molar-refractivity contribution >= 4 is 0 Å².